The molecule has 3 aliphatic rings. The summed E-state index contributed by atoms with van der Waals surface area (Å²) in [5.74, 6) is -1.57. The minimum atomic E-state index is -0.821. The molecule has 21 heavy (non-hydrogen) atoms. The lowest BCUT2D eigenvalue weighted by molar-refractivity contribution is -0.148. The molecule has 2 bridgehead atoms. The van der Waals surface area contributed by atoms with Crippen molar-refractivity contribution < 1.29 is 14.7 Å². The Balaban J connectivity index is 1.60. The third kappa shape index (κ3) is 2.85. The largest absolute Gasteiger partial charge is 0.481 e. The first-order chi connectivity index (χ1) is 10.1. The van der Waals surface area contributed by atoms with Gasteiger partial charge in [0.25, 0.3) is 0 Å². The van der Waals surface area contributed by atoms with Gasteiger partial charge < -0.3 is 10.4 Å². The topological polar surface area (TPSA) is 66.4 Å². The minimum absolute atomic E-state index is 0.0353. The van der Waals surface area contributed by atoms with E-state index in [1.165, 1.54) is 0 Å². The fourth-order valence-electron chi connectivity index (χ4n) is 4.26. The lowest BCUT2D eigenvalue weighted by Crippen LogP contribution is -2.45. The van der Waals surface area contributed by atoms with Crippen molar-refractivity contribution in [3.05, 3.63) is 12.2 Å². The molecule has 116 valence electrons. The average Bonchev–Trinajstić information content (AvgIpc) is 3.08. The summed E-state index contributed by atoms with van der Waals surface area (Å²) in [4.78, 5) is 24.0. The number of carbonyl (C=O) groups excluding carboxylic acids is 1. The monoisotopic (exact) mass is 309 g/mol. The molecule has 0 spiro atoms. The minimum Gasteiger partial charge on any atom is -0.481 e. The van der Waals surface area contributed by atoms with E-state index in [0.717, 1.165) is 37.4 Å². The van der Waals surface area contributed by atoms with E-state index in [9.17, 15) is 14.7 Å². The number of carboxylic acid groups (broad SMARTS) is 1. The standard InChI is InChI=1S/C16H23NO3S/c1-21-12-6-4-11(5-7-12)17-15(18)13-9-2-3-10(8-9)14(13)16(19)20/h2-3,9-14H,4-8H2,1H3,(H,17,18)(H,19,20). The van der Waals surface area contributed by atoms with Crippen molar-refractivity contribution in [1.29, 1.82) is 0 Å². The molecule has 2 N–H and O–H groups in total. The van der Waals surface area contributed by atoms with Gasteiger partial charge in [-0.2, -0.15) is 11.8 Å². The van der Waals surface area contributed by atoms with E-state index in [4.69, 9.17) is 0 Å². The van der Waals surface area contributed by atoms with E-state index < -0.39 is 11.9 Å². The smallest absolute Gasteiger partial charge is 0.307 e. The zero-order chi connectivity index (χ0) is 15.0. The quantitative estimate of drug-likeness (QED) is 0.782. The van der Waals surface area contributed by atoms with Gasteiger partial charge in [-0.1, -0.05) is 12.2 Å². The molecular weight excluding hydrogens is 286 g/mol. The van der Waals surface area contributed by atoms with Gasteiger partial charge in [0.1, 0.15) is 0 Å². The second-order valence-electron chi connectivity index (χ2n) is 6.56. The van der Waals surface area contributed by atoms with Crippen LogP contribution >= 0.6 is 11.8 Å². The van der Waals surface area contributed by atoms with Crippen molar-refractivity contribution in [2.45, 2.75) is 43.4 Å². The summed E-state index contributed by atoms with van der Waals surface area (Å²) < 4.78 is 0. The van der Waals surface area contributed by atoms with E-state index in [-0.39, 0.29) is 29.7 Å². The first kappa shape index (κ1) is 14.9. The summed E-state index contributed by atoms with van der Waals surface area (Å²) in [6.45, 7) is 0. The zero-order valence-electron chi connectivity index (χ0n) is 12.3. The number of hydrogen-bond donors (Lipinski definition) is 2. The molecule has 3 rings (SSSR count). The van der Waals surface area contributed by atoms with Crippen LogP contribution in [0, 0.1) is 23.7 Å². The Kier molecular flexibility index (Phi) is 4.29. The highest BCUT2D eigenvalue weighted by atomic mass is 32.2. The summed E-state index contributed by atoms with van der Waals surface area (Å²) in [5, 5.41) is 13.3. The van der Waals surface area contributed by atoms with Crippen LogP contribution < -0.4 is 5.32 Å². The SMILES string of the molecule is CSC1CCC(NC(=O)C2C3C=CC(C3)C2C(=O)O)CC1. The van der Waals surface area contributed by atoms with Gasteiger partial charge in [-0.25, -0.2) is 0 Å². The highest BCUT2D eigenvalue weighted by Gasteiger charge is 2.51. The van der Waals surface area contributed by atoms with E-state index in [2.05, 4.69) is 11.6 Å². The van der Waals surface area contributed by atoms with E-state index in [1.807, 2.05) is 23.9 Å². The van der Waals surface area contributed by atoms with Crippen molar-refractivity contribution in [2.24, 2.45) is 23.7 Å². The van der Waals surface area contributed by atoms with Gasteiger partial charge in [-0.15, -0.1) is 0 Å². The number of hydrogen-bond acceptors (Lipinski definition) is 3. The van der Waals surface area contributed by atoms with Gasteiger partial charge in [0.2, 0.25) is 5.91 Å². The number of carbonyl (C=O) groups is 2. The van der Waals surface area contributed by atoms with Crippen molar-refractivity contribution in [3.8, 4) is 0 Å². The van der Waals surface area contributed by atoms with Crippen LogP contribution in [-0.4, -0.2) is 34.5 Å². The van der Waals surface area contributed by atoms with Crippen molar-refractivity contribution in [2.75, 3.05) is 6.26 Å². The highest BCUT2D eigenvalue weighted by Crippen LogP contribution is 2.48. The molecule has 4 unspecified atom stereocenters. The predicted molar refractivity (Wildman–Crippen MR) is 83.1 cm³/mol. The Morgan fingerprint density at radius 3 is 2.29 bits per heavy atom. The van der Waals surface area contributed by atoms with Crippen LogP contribution in [0.3, 0.4) is 0 Å². The van der Waals surface area contributed by atoms with Gasteiger partial charge in [0, 0.05) is 11.3 Å². The van der Waals surface area contributed by atoms with Crippen LogP contribution in [0.5, 0.6) is 0 Å². The third-order valence-electron chi connectivity index (χ3n) is 5.40. The van der Waals surface area contributed by atoms with Crippen LogP contribution in [0.25, 0.3) is 0 Å². The fourth-order valence-corrected chi connectivity index (χ4v) is 5.00. The van der Waals surface area contributed by atoms with Gasteiger partial charge in [-0.3, -0.25) is 9.59 Å². The first-order valence-electron chi connectivity index (χ1n) is 7.84. The number of amides is 1. The Bertz CT molecular complexity index is 456. The van der Waals surface area contributed by atoms with Crippen molar-refractivity contribution in [1.82, 2.24) is 5.32 Å². The van der Waals surface area contributed by atoms with E-state index in [0.29, 0.717) is 0 Å². The molecule has 1 amide bonds. The molecule has 0 aromatic carbocycles. The molecule has 0 aromatic heterocycles. The number of rotatable bonds is 4. The molecule has 4 atom stereocenters. The number of thioether (sulfide) groups is 1. The molecule has 2 saturated carbocycles. The van der Waals surface area contributed by atoms with Crippen molar-refractivity contribution >= 4 is 23.6 Å². The molecule has 0 aromatic rings. The van der Waals surface area contributed by atoms with Crippen LogP contribution in [0.4, 0.5) is 0 Å². The number of carboxylic acids is 1. The predicted octanol–water partition coefficient (Wildman–Crippen LogP) is 2.30. The number of aliphatic carboxylic acids is 1. The lowest BCUT2D eigenvalue weighted by Gasteiger charge is -2.31. The number of fused-ring (bicyclic) bond motifs is 2. The molecule has 0 heterocycles. The van der Waals surface area contributed by atoms with Gasteiger partial charge in [0.15, 0.2) is 0 Å². The molecule has 3 aliphatic carbocycles. The summed E-state index contributed by atoms with van der Waals surface area (Å²) in [5.41, 5.74) is 0. The average molecular weight is 309 g/mol. The Morgan fingerprint density at radius 2 is 1.71 bits per heavy atom. The summed E-state index contributed by atoms with van der Waals surface area (Å²) in [6, 6.07) is 0.235. The summed E-state index contributed by atoms with van der Waals surface area (Å²) in [6.07, 6.45) is 11.3. The van der Waals surface area contributed by atoms with Gasteiger partial charge in [-0.05, 0) is 50.2 Å². The lowest BCUT2D eigenvalue weighted by atomic mass is 9.82. The first-order valence-corrected chi connectivity index (χ1v) is 9.13. The molecule has 5 heteroatoms. The zero-order valence-corrected chi connectivity index (χ0v) is 13.1. The molecule has 0 saturated heterocycles. The molecule has 4 nitrogen and oxygen atoms in total. The molecule has 0 aliphatic heterocycles. The fraction of sp³-hybridized carbons (Fsp3) is 0.750. The highest BCUT2D eigenvalue weighted by molar-refractivity contribution is 7.99. The summed E-state index contributed by atoms with van der Waals surface area (Å²) in [7, 11) is 0. The maximum Gasteiger partial charge on any atom is 0.307 e. The van der Waals surface area contributed by atoms with Crippen LogP contribution in [0.15, 0.2) is 12.2 Å². The van der Waals surface area contributed by atoms with E-state index >= 15 is 0 Å². The van der Waals surface area contributed by atoms with Crippen molar-refractivity contribution in [3.63, 3.8) is 0 Å². The van der Waals surface area contributed by atoms with Gasteiger partial charge in [0.05, 0.1) is 11.8 Å². The van der Waals surface area contributed by atoms with E-state index in [1.54, 1.807) is 0 Å². The Morgan fingerprint density at radius 1 is 1.10 bits per heavy atom. The molecule has 2 fully saturated rings. The summed E-state index contributed by atoms with van der Waals surface area (Å²) >= 11 is 1.91. The maximum atomic E-state index is 12.6. The van der Waals surface area contributed by atoms with Crippen LogP contribution in [-0.2, 0) is 9.59 Å². The number of allylic oxidation sites excluding steroid dienone is 2. The normalized spacial score (nSPS) is 41.2. The van der Waals surface area contributed by atoms with Crippen LogP contribution in [0.1, 0.15) is 32.1 Å². The molecular formula is C16H23NO3S. The maximum absolute atomic E-state index is 12.6. The number of nitrogens with one attached hydrogen (secondary N) is 1. The molecule has 0 radical (unpaired) electrons. The third-order valence-corrected chi connectivity index (χ3v) is 6.54. The Labute approximate surface area is 129 Å². The second-order valence-corrected chi connectivity index (χ2v) is 7.69. The Hall–Kier alpha value is -0.970. The second kappa shape index (κ2) is 6.03. The van der Waals surface area contributed by atoms with Crippen LogP contribution in [0.2, 0.25) is 0 Å². The van der Waals surface area contributed by atoms with Gasteiger partial charge >= 0.3 is 5.97 Å².